The lowest BCUT2D eigenvalue weighted by atomic mass is 11.2. The van der Waals surface area contributed by atoms with E-state index in [1.165, 1.54) is 0 Å². The van der Waals surface area contributed by atoms with Crippen LogP contribution in [-0.4, -0.2) is 6.41 Å². The highest BCUT2D eigenvalue weighted by Crippen LogP contribution is 2.04. The third-order valence-corrected chi connectivity index (χ3v) is 0.986. The van der Waals surface area contributed by atoms with Crippen molar-refractivity contribution in [1.29, 1.82) is 0 Å². The average Bonchev–Trinajstić information content (AvgIpc) is 1.68. The van der Waals surface area contributed by atoms with Gasteiger partial charge in [0, 0.05) is 0 Å². The summed E-state index contributed by atoms with van der Waals surface area (Å²) < 4.78 is 27.4. The van der Waals surface area contributed by atoms with Gasteiger partial charge in [0.2, 0.25) is 0 Å². The Morgan fingerprint density at radius 1 is 1.25 bits per heavy atom. The number of hydrogen-bond donors (Lipinski definition) is 1. The summed E-state index contributed by atoms with van der Waals surface area (Å²) in [6.07, 6.45) is -1.14. The van der Waals surface area contributed by atoms with Crippen LogP contribution >= 0.6 is 17.4 Å². The smallest absolute Gasteiger partial charge is 0.275 e. The van der Waals surface area contributed by atoms with Crippen LogP contribution in [0.2, 0.25) is 0 Å². The Hall–Kier alpha value is 0.0800. The first-order valence-electron chi connectivity index (χ1n) is 1.62. The van der Waals surface area contributed by atoms with Gasteiger partial charge < -0.3 is 0 Å². The van der Waals surface area contributed by atoms with Gasteiger partial charge in [0.25, 0.3) is 0 Å². The van der Waals surface area contributed by atoms with E-state index in [0.29, 0.717) is 0 Å². The molecule has 0 radical (unpaired) electrons. The zero-order valence-corrected chi connectivity index (χ0v) is 5.79. The Balaban J connectivity index is 3.16. The summed E-state index contributed by atoms with van der Waals surface area (Å²) in [5.41, 5.74) is 4.86. The van der Waals surface area contributed by atoms with Crippen LogP contribution in [0.5, 0.6) is 0 Å². The summed E-state index contributed by atoms with van der Waals surface area (Å²) >= 11 is 0. The van der Waals surface area contributed by atoms with Crippen LogP contribution in [0.4, 0.5) is 0 Å². The maximum absolute atomic E-state index is 9.56. The summed E-state index contributed by atoms with van der Waals surface area (Å²) in [6.45, 7) is 0. The molecule has 8 heavy (non-hydrogen) atoms. The second kappa shape index (κ2) is 5.22. The zero-order valence-electron chi connectivity index (χ0n) is 3.79. The predicted molar refractivity (Wildman–Crippen MR) is 28.1 cm³/mol. The molecule has 0 aliphatic rings. The van der Waals surface area contributed by atoms with E-state index in [2.05, 4.69) is 9.05 Å². The van der Waals surface area contributed by atoms with Crippen molar-refractivity contribution in [2.45, 2.75) is 6.41 Å². The van der Waals surface area contributed by atoms with Gasteiger partial charge in [0.15, 0.2) is 0 Å². The molecule has 2 N–H and O–H groups in total. The van der Waals surface area contributed by atoms with Crippen LogP contribution in [0.15, 0.2) is 0 Å². The number of rotatable bonds is 4. The standard InChI is InChI=1S/CH5NO4P2/c2-1(5-7-3)6-8-4/h1,7-8H,2H2/q+2. The molecule has 2 atom stereocenters. The van der Waals surface area contributed by atoms with Crippen LogP contribution < -0.4 is 5.73 Å². The van der Waals surface area contributed by atoms with E-state index in [-0.39, 0.29) is 0 Å². The minimum Gasteiger partial charge on any atom is -0.275 e. The van der Waals surface area contributed by atoms with Crippen molar-refractivity contribution in [2.75, 3.05) is 0 Å². The van der Waals surface area contributed by atoms with Crippen LogP contribution in [0.3, 0.4) is 0 Å². The van der Waals surface area contributed by atoms with Gasteiger partial charge in [0.1, 0.15) is 0 Å². The molecular weight excluding hydrogens is 152 g/mol. The highest BCUT2D eigenvalue weighted by atomic mass is 31.1. The van der Waals surface area contributed by atoms with Crippen molar-refractivity contribution in [3.8, 4) is 0 Å². The monoisotopic (exact) mass is 157 g/mol. The molecule has 0 aromatic rings. The van der Waals surface area contributed by atoms with E-state index >= 15 is 0 Å². The van der Waals surface area contributed by atoms with Gasteiger partial charge >= 0.3 is 23.8 Å². The first-order valence-corrected chi connectivity index (χ1v) is 3.25. The van der Waals surface area contributed by atoms with Gasteiger partial charge in [-0.25, -0.2) is 0 Å². The highest BCUT2D eigenvalue weighted by Gasteiger charge is 2.10. The molecule has 46 valence electrons. The number of nitrogens with two attached hydrogens (primary N) is 1. The summed E-state index contributed by atoms with van der Waals surface area (Å²) in [5, 5.41) is 0. The van der Waals surface area contributed by atoms with E-state index < -0.39 is 23.8 Å². The molecule has 0 aliphatic carbocycles. The zero-order chi connectivity index (χ0) is 6.41. The predicted octanol–water partition coefficient (Wildman–Crippen LogP) is 0.140. The van der Waals surface area contributed by atoms with Crippen molar-refractivity contribution < 1.29 is 18.2 Å². The topological polar surface area (TPSA) is 78.6 Å². The Kier molecular flexibility index (Phi) is 5.27. The fourth-order valence-electron chi connectivity index (χ4n) is 0.119. The first kappa shape index (κ1) is 8.08. The summed E-state index contributed by atoms with van der Waals surface area (Å²) in [5.74, 6) is 0. The van der Waals surface area contributed by atoms with E-state index in [0.717, 1.165) is 0 Å². The summed E-state index contributed by atoms with van der Waals surface area (Å²) in [4.78, 5) is 0. The first-order chi connectivity index (χ1) is 3.81. The van der Waals surface area contributed by atoms with Crippen molar-refractivity contribution >= 4 is 17.4 Å². The molecule has 0 saturated heterocycles. The third kappa shape index (κ3) is 4.24. The van der Waals surface area contributed by atoms with Crippen LogP contribution in [0.1, 0.15) is 0 Å². The third-order valence-electron chi connectivity index (χ3n) is 0.329. The molecule has 0 aromatic heterocycles. The Bertz CT molecular complexity index is 76.1. The van der Waals surface area contributed by atoms with Gasteiger partial charge in [-0.3, -0.25) is 5.73 Å². The molecule has 7 heteroatoms. The number of hydrogen-bond acceptors (Lipinski definition) is 5. The maximum atomic E-state index is 9.56. The van der Waals surface area contributed by atoms with Crippen LogP contribution in [0, 0.1) is 0 Å². The Labute approximate surface area is 48.7 Å². The van der Waals surface area contributed by atoms with Crippen LogP contribution in [-0.2, 0) is 18.2 Å². The molecule has 0 aromatic carbocycles. The molecule has 5 nitrogen and oxygen atoms in total. The highest BCUT2D eigenvalue weighted by molar-refractivity contribution is 7.18. The molecule has 2 unspecified atom stereocenters. The molecule has 0 aliphatic heterocycles. The van der Waals surface area contributed by atoms with E-state index in [1.54, 1.807) is 0 Å². The molecule has 0 fully saturated rings. The maximum Gasteiger partial charge on any atom is 0.498 e. The van der Waals surface area contributed by atoms with Gasteiger partial charge in [-0.05, 0) is 9.13 Å². The second-order valence-corrected chi connectivity index (χ2v) is 1.58. The Morgan fingerprint density at radius 2 is 1.62 bits per heavy atom. The van der Waals surface area contributed by atoms with Crippen LogP contribution in [0.25, 0.3) is 0 Å². The van der Waals surface area contributed by atoms with Gasteiger partial charge in [0.05, 0.1) is 0 Å². The SMILES string of the molecule is NC(O[PH+]=O)O[PH+]=O. The second-order valence-electron chi connectivity index (χ2n) is 0.771. The summed E-state index contributed by atoms with van der Waals surface area (Å²) in [7, 11) is -1.97. The lowest BCUT2D eigenvalue weighted by Crippen LogP contribution is -2.19. The van der Waals surface area contributed by atoms with Crippen molar-refractivity contribution in [3.63, 3.8) is 0 Å². The average molecular weight is 157 g/mol. The fraction of sp³-hybridized carbons (Fsp3) is 1.00. The quantitative estimate of drug-likeness (QED) is 0.463. The lowest BCUT2D eigenvalue weighted by Gasteiger charge is -1.86. The van der Waals surface area contributed by atoms with Gasteiger partial charge in [-0.2, -0.15) is 0 Å². The van der Waals surface area contributed by atoms with Crippen molar-refractivity contribution in [2.24, 2.45) is 5.73 Å². The summed E-state index contributed by atoms with van der Waals surface area (Å²) in [6, 6.07) is 0. The normalized spacial score (nSPS) is 14.6. The molecule has 0 rings (SSSR count). The minimum atomic E-state index is -1.14. The van der Waals surface area contributed by atoms with Gasteiger partial charge in [-0.1, -0.05) is 9.05 Å². The Morgan fingerprint density at radius 3 is 1.88 bits per heavy atom. The van der Waals surface area contributed by atoms with E-state index in [9.17, 15) is 9.13 Å². The largest absolute Gasteiger partial charge is 0.498 e. The lowest BCUT2D eigenvalue weighted by molar-refractivity contribution is 0.0341. The molecule has 0 heterocycles. The molecule has 0 saturated carbocycles. The van der Waals surface area contributed by atoms with Crippen molar-refractivity contribution in [1.82, 2.24) is 0 Å². The van der Waals surface area contributed by atoms with Crippen molar-refractivity contribution in [3.05, 3.63) is 0 Å². The molecular formula is CH5NO4P2+2. The molecule has 0 bridgehead atoms. The van der Waals surface area contributed by atoms with E-state index in [4.69, 9.17) is 5.73 Å². The minimum absolute atomic E-state index is 0.986. The molecule has 0 spiro atoms. The molecule has 0 amide bonds. The van der Waals surface area contributed by atoms with E-state index in [1.807, 2.05) is 0 Å². The fourth-order valence-corrected chi connectivity index (χ4v) is 0.501. The van der Waals surface area contributed by atoms with Gasteiger partial charge in [-0.15, -0.1) is 0 Å².